The Kier molecular flexibility index (Phi) is 6.77. The lowest BCUT2D eigenvalue weighted by atomic mass is 9.77. The molecule has 0 radical (unpaired) electrons. The molecule has 2 N–H and O–H groups in total. The van der Waals surface area contributed by atoms with Crippen LogP contribution in [0.3, 0.4) is 0 Å². The van der Waals surface area contributed by atoms with Crippen LogP contribution >= 0.6 is 0 Å². The van der Waals surface area contributed by atoms with E-state index in [9.17, 15) is 14.9 Å². The van der Waals surface area contributed by atoms with Gasteiger partial charge in [-0.2, -0.15) is 5.10 Å². The summed E-state index contributed by atoms with van der Waals surface area (Å²) in [6.45, 7) is 15.4. The minimum Gasteiger partial charge on any atom is -0.444 e. The van der Waals surface area contributed by atoms with Gasteiger partial charge in [-0.15, -0.1) is 0 Å². The lowest BCUT2D eigenvalue weighted by Gasteiger charge is -2.38. The fraction of sp³-hybridized carbons (Fsp3) is 0.800. The summed E-state index contributed by atoms with van der Waals surface area (Å²) in [7, 11) is -1.19. The third kappa shape index (κ3) is 5.96. The monoisotopic (exact) mass is 409 g/mol. The maximum absolute atomic E-state index is 12.2. The van der Waals surface area contributed by atoms with Crippen LogP contribution in [0.25, 0.3) is 0 Å². The number of hydrogen-bond acceptors (Lipinski definition) is 6. The van der Waals surface area contributed by atoms with Gasteiger partial charge in [-0.05, 0) is 68.2 Å². The number of carbonyl (C=O) groups excluding carboxylic acids is 1. The standard InChI is InChI=1S/C20H36BN3O5/c1-14-16(21(27)29-20(7,8)19(5,6)26)13-24(22-14)15-9-11-23(12-10-15)17(25)28-18(2,3)4/h13,15,26-27H,9-12H2,1-8H3. The van der Waals surface area contributed by atoms with E-state index in [0.717, 1.165) is 12.8 Å². The molecule has 1 aliphatic rings. The molecule has 2 rings (SSSR count). The second kappa shape index (κ2) is 8.28. The van der Waals surface area contributed by atoms with Crippen molar-refractivity contribution in [3.8, 4) is 0 Å². The lowest BCUT2D eigenvalue weighted by molar-refractivity contribution is -0.0982. The third-order valence-corrected chi connectivity index (χ3v) is 5.59. The highest BCUT2D eigenvalue weighted by atomic mass is 16.6. The maximum Gasteiger partial charge on any atom is 0.495 e. The van der Waals surface area contributed by atoms with Crippen molar-refractivity contribution in [2.24, 2.45) is 0 Å². The van der Waals surface area contributed by atoms with E-state index in [1.54, 1.807) is 38.8 Å². The molecule has 0 aromatic carbocycles. The summed E-state index contributed by atoms with van der Waals surface area (Å²) in [5.41, 5.74) is -1.31. The van der Waals surface area contributed by atoms with Crippen LogP contribution in [0.15, 0.2) is 6.20 Å². The summed E-state index contributed by atoms with van der Waals surface area (Å²) in [5, 5.41) is 25.4. The Morgan fingerprint density at radius 3 is 2.21 bits per heavy atom. The highest BCUT2D eigenvalue weighted by molar-refractivity contribution is 6.60. The topological polar surface area (TPSA) is 97.1 Å². The summed E-state index contributed by atoms with van der Waals surface area (Å²) in [5.74, 6) is 0. The Balaban J connectivity index is 2.02. The number of aromatic nitrogens is 2. The molecule has 1 aromatic heterocycles. The molecule has 1 aromatic rings. The van der Waals surface area contributed by atoms with Gasteiger partial charge in [0.1, 0.15) is 5.60 Å². The number of ether oxygens (including phenoxy) is 1. The van der Waals surface area contributed by atoms with Gasteiger partial charge < -0.3 is 24.4 Å². The first-order chi connectivity index (χ1) is 13.1. The number of amides is 1. The predicted molar refractivity (Wildman–Crippen MR) is 112 cm³/mol. The molecule has 8 nitrogen and oxygen atoms in total. The summed E-state index contributed by atoms with van der Waals surface area (Å²) >= 11 is 0. The summed E-state index contributed by atoms with van der Waals surface area (Å²) < 4.78 is 13.0. The molecule has 0 spiro atoms. The minimum atomic E-state index is -1.19. The molecule has 29 heavy (non-hydrogen) atoms. The first kappa shape index (κ1) is 23.7. The largest absolute Gasteiger partial charge is 0.495 e. The van der Waals surface area contributed by atoms with Crippen molar-refractivity contribution in [3.05, 3.63) is 11.9 Å². The molecule has 1 amide bonds. The van der Waals surface area contributed by atoms with Gasteiger partial charge in [0.05, 0.1) is 22.9 Å². The first-order valence-corrected chi connectivity index (χ1v) is 10.2. The van der Waals surface area contributed by atoms with E-state index in [2.05, 4.69) is 5.10 Å². The third-order valence-electron chi connectivity index (χ3n) is 5.59. The van der Waals surface area contributed by atoms with Crippen molar-refractivity contribution in [2.75, 3.05) is 13.1 Å². The fourth-order valence-electron chi connectivity index (χ4n) is 3.05. The van der Waals surface area contributed by atoms with Gasteiger partial charge in [0.2, 0.25) is 0 Å². The van der Waals surface area contributed by atoms with Crippen molar-refractivity contribution in [1.29, 1.82) is 0 Å². The fourth-order valence-corrected chi connectivity index (χ4v) is 3.05. The van der Waals surface area contributed by atoms with Gasteiger partial charge in [-0.25, -0.2) is 4.79 Å². The van der Waals surface area contributed by atoms with Crippen molar-refractivity contribution >= 4 is 18.7 Å². The van der Waals surface area contributed by atoms with Gasteiger partial charge in [0.25, 0.3) is 0 Å². The van der Waals surface area contributed by atoms with Crippen molar-refractivity contribution in [1.82, 2.24) is 14.7 Å². The second-order valence-electron chi connectivity index (χ2n) is 9.89. The van der Waals surface area contributed by atoms with Gasteiger partial charge >= 0.3 is 13.2 Å². The number of hydrogen-bond donors (Lipinski definition) is 2. The van der Waals surface area contributed by atoms with Crippen LogP contribution in [-0.4, -0.2) is 67.9 Å². The molecular weight excluding hydrogens is 373 g/mol. The highest BCUT2D eigenvalue weighted by Gasteiger charge is 2.40. The molecule has 0 unspecified atom stereocenters. The zero-order valence-electron chi connectivity index (χ0n) is 19.0. The quantitative estimate of drug-likeness (QED) is 0.723. The maximum atomic E-state index is 12.2. The van der Waals surface area contributed by atoms with E-state index in [4.69, 9.17) is 9.39 Å². The van der Waals surface area contributed by atoms with E-state index in [0.29, 0.717) is 24.2 Å². The number of aliphatic hydroxyl groups is 1. The Bertz CT molecular complexity index is 713. The van der Waals surface area contributed by atoms with E-state index in [1.807, 2.05) is 32.4 Å². The molecule has 9 heteroatoms. The number of likely N-dealkylation sites (tertiary alicyclic amines) is 1. The number of carbonyl (C=O) groups is 1. The van der Waals surface area contributed by atoms with Crippen LogP contribution in [0.4, 0.5) is 4.79 Å². The van der Waals surface area contributed by atoms with Crippen LogP contribution in [-0.2, 0) is 9.39 Å². The van der Waals surface area contributed by atoms with Crippen LogP contribution in [0.1, 0.15) is 73.0 Å². The molecular formula is C20H36BN3O5. The molecule has 2 heterocycles. The van der Waals surface area contributed by atoms with Gasteiger partial charge in [0, 0.05) is 24.7 Å². The number of aryl methyl sites for hydroxylation is 1. The Morgan fingerprint density at radius 2 is 1.72 bits per heavy atom. The smallest absolute Gasteiger partial charge is 0.444 e. The van der Waals surface area contributed by atoms with Crippen LogP contribution < -0.4 is 5.46 Å². The summed E-state index contributed by atoms with van der Waals surface area (Å²) in [4.78, 5) is 14.0. The molecule has 0 aliphatic carbocycles. The Morgan fingerprint density at radius 1 is 1.17 bits per heavy atom. The zero-order valence-corrected chi connectivity index (χ0v) is 19.0. The first-order valence-electron chi connectivity index (χ1n) is 10.2. The van der Waals surface area contributed by atoms with Crippen LogP contribution in [0.5, 0.6) is 0 Å². The van der Waals surface area contributed by atoms with Crippen molar-refractivity contribution < 1.29 is 24.3 Å². The van der Waals surface area contributed by atoms with Gasteiger partial charge in [0.15, 0.2) is 0 Å². The molecule has 1 saturated heterocycles. The Hall–Kier alpha value is -1.58. The Labute approximate surface area is 174 Å². The molecule has 0 bridgehead atoms. The molecule has 1 aliphatic heterocycles. The molecule has 0 saturated carbocycles. The molecule has 164 valence electrons. The number of piperidine rings is 1. The lowest BCUT2D eigenvalue weighted by Crippen LogP contribution is -2.53. The SMILES string of the molecule is Cc1nn(C2CCN(C(=O)OC(C)(C)C)CC2)cc1B(O)OC(C)(C)C(C)(C)O. The average Bonchev–Trinajstić information content (AvgIpc) is 2.94. The zero-order chi connectivity index (χ0) is 22.2. The summed E-state index contributed by atoms with van der Waals surface area (Å²) in [6.07, 6.45) is 3.03. The van der Waals surface area contributed by atoms with Crippen molar-refractivity contribution in [3.63, 3.8) is 0 Å². The van der Waals surface area contributed by atoms with E-state index in [1.165, 1.54) is 0 Å². The van der Waals surface area contributed by atoms with Crippen LogP contribution in [0.2, 0.25) is 0 Å². The normalized spacial score (nSPS) is 16.8. The average molecular weight is 409 g/mol. The molecule has 1 fully saturated rings. The predicted octanol–water partition coefficient (Wildman–Crippen LogP) is 2.02. The summed E-state index contributed by atoms with van der Waals surface area (Å²) in [6, 6.07) is 0.135. The van der Waals surface area contributed by atoms with Gasteiger partial charge in [-0.1, -0.05) is 0 Å². The van der Waals surface area contributed by atoms with Crippen LogP contribution in [0, 0.1) is 6.92 Å². The minimum absolute atomic E-state index is 0.135. The number of nitrogens with zero attached hydrogens (tertiary/aromatic N) is 3. The van der Waals surface area contributed by atoms with E-state index < -0.39 is 23.9 Å². The van der Waals surface area contributed by atoms with E-state index >= 15 is 0 Å². The van der Waals surface area contributed by atoms with Gasteiger partial charge in [-0.3, -0.25) is 4.68 Å². The highest BCUT2D eigenvalue weighted by Crippen LogP contribution is 2.26. The number of rotatable bonds is 5. The van der Waals surface area contributed by atoms with E-state index in [-0.39, 0.29) is 12.1 Å². The molecule has 0 atom stereocenters. The van der Waals surface area contributed by atoms with Crippen molar-refractivity contribution in [2.45, 2.75) is 91.1 Å². The second-order valence-corrected chi connectivity index (χ2v) is 9.89.